The standard InChI is InChI=1S/C20H18ClN3O4/c1-26-14-8-13(9-15(10-14)27-2)24-11-12(7-18(24)25)20-22-19(23-28-20)16-5-3-4-6-17(16)21/h3-6,8-10,12H,7,11H2,1-2H3. The highest BCUT2D eigenvalue weighted by Gasteiger charge is 2.35. The monoisotopic (exact) mass is 399 g/mol. The van der Waals surface area contributed by atoms with Gasteiger partial charge >= 0.3 is 0 Å². The summed E-state index contributed by atoms with van der Waals surface area (Å²) in [6.45, 7) is 0.430. The molecule has 1 unspecified atom stereocenters. The Hall–Kier alpha value is -3.06. The number of ether oxygens (including phenoxy) is 2. The molecule has 2 heterocycles. The largest absolute Gasteiger partial charge is 0.497 e. The molecule has 144 valence electrons. The van der Waals surface area contributed by atoms with E-state index in [2.05, 4.69) is 10.1 Å². The number of carbonyl (C=O) groups is 1. The number of rotatable bonds is 5. The van der Waals surface area contributed by atoms with Crippen LogP contribution in [0.15, 0.2) is 47.0 Å². The molecule has 0 N–H and O–H groups in total. The van der Waals surface area contributed by atoms with E-state index < -0.39 is 0 Å². The highest BCUT2D eigenvalue weighted by atomic mass is 35.5. The molecule has 1 atom stereocenters. The van der Waals surface area contributed by atoms with Crippen LogP contribution >= 0.6 is 11.6 Å². The molecule has 0 radical (unpaired) electrons. The predicted molar refractivity (Wildman–Crippen MR) is 104 cm³/mol. The van der Waals surface area contributed by atoms with E-state index in [1.807, 2.05) is 18.2 Å². The van der Waals surface area contributed by atoms with E-state index in [1.54, 1.807) is 43.4 Å². The van der Waals surface area contributed by atoms with Crippen LogP contribution in [0.1, 0.15) is 18.2 Å². The van der Waals surface area contributed by atoms with Gasteiger partial charge in [0.05, 0.1) is 30.8 Å². The first kappa shape index (κ1) is 18.3. The van der Waals surface area contributed by atoms with Gasteiger partial charge in [-0.1, -0.05) is 28.9 Å². The maximum atomic E-state index is 12.6. The van der Waals surface area contributed by atoms with Gasteiger partial charge in [0.2, 0.25) is 17.6 Å². The Kier molecular flexibility index (Phi) is 4.92. The number of nitrogens with zero attached hydrogens (tertiary/aromatic N) is 3. The van der Waals surface area contributed by atoms with Crippen molar-refractivity contribution in [1.82, 2.24) is 10.1 Å². The Labute approximate surface area is 166 Å². The van der Waals surface area contributed by atoms with Gasteiger partial charge in [0.15, 0.2) is 0 Å². The van der Waals surface area contributed by atoms with E-state index >= 15 is 0 Å². The molecule has 0 bridgehead atoms. The van der Waals surface area contributed by atoms with Gasteiger partial charge in [-0.15, -0.1) is 0 Å². The molecule has 1 aliphatic heterocycles. The number of benzene rings is 2. The number of hydrogen-bond acceptors (Lipinski definition) is 6. The highest BCUT2D eigenvalue weighted by Crippen LogP contribution is 2.36. The third-order valence-corrected chi connectivity index (χ3v) is 5.01. The predicted octanol–water partition coefficient (Wildman–Crippen LogP) is 3.93. The van der Waals surface area contributed by atoms with E-state index in [-0.39, 0.29) is 18.2 Å². The van der Waals surface area contributed by atoms with E-state index in [0.29, 0.717) is 46.0 Å². The number of carbonyl (C=O) groups excluding carboxylic acids is 1. The van der Waals surface area contributed by atoms with Gasteiger partial charge in [-0.2, -0.15) is 4.98 Å². The van der Waals surface area contributed by atoms with Crippen molar-refractivity contribution in [3.05, 3.63) is 53.4 Å². The van der Waals surface area contributed by atoms with Crippen LogP contribution < -0.4 is 14.4 Å². The molecule has 0 aliphatic carbocycles. The van der Waals surface area contributed by atoms with Crippen molar-refractivity contribution in [2.45, 2.75) is 12.3 Å². The summed E-state index contributed by atoms with van der Waals surface area (Å²) in [5.41, 5.74) is 1.40. The van der Waals surface area contributed by atoms with E-state index in [0.717, 1.165) is 0 Å². The summed E-state index contributed by atoms with van der Waals surface area (Å²) in [5, 5.41) is 4.57. The minimum atomic E-state index is -0.201. The third-order valence-electron chi connectivity index (χ3n) is 4.68. The first-order valence-electron chi connectivity index (χ1n) is 8.71. The minimum absolute atomic E-state index is 0.0298. The summed E-state index contributed by atoms with van der Waals surface area (Å²) in [7, 11) is 3.14. The van der Waals surface area contributed by atoms with Gasteiger partial charge in [-0.3, -0.25) is 4.79 Å². The number of hydrogen-bond donors (Lipinski definition) is 0. The van der Waals surface area contributed by atoms with Crippen LogP contribution in [0.25, 0.3) is 11.4 Å². The quantitative estimate of drug-likeness (QED) is 0.647. The molecule has 1 fully saturated rings. The average Bonchev–Trinajstić information content (AvgIpc) is 3.34. The Balaban J connectivity index is 1.58. The summed E-state index contributed by atoms with van der Waals surface area (Å²) in [6, 6.07) is 12.6. The summed E-state index contributed by atoms with van der Waals surface area (Å²) >= 11 is 6.20. The maximum Gasteiger partial charge on any atom is 0.232 e. The zero-order valence-corrected chi connectivity index (χ0v) is 16.1. The molecule has 2 aromatic carbocycles. The zero-order chi connectivity index (χ0) is 19.7. The van der Waals surface area contributed by atoms with Crippen LogP contribution in [-0.4, -0.2) is 36.8 Å². The normalized spacial score (nSPS) is 16.5. The Morgan fingerprint density at radius 3 is 2.54 bits per heavy atom. The van der Waals surface area contributed by atoms with Gasteiger partial charge in [0.1, 0.15) is 11.5 Å². The number of anilines is 1. The van der Waals surface area contributed by atoms with Crippen LogP contribution in [0.4, 0.5) is 5.69 Å². The minimum Gasteiger partial charge on any atom is -0.497 e. The van der Waals surface area contributed by atoms with Crippen molar-refractivity contribution in [2.24, 2.45) is 0 Å². The number of methoxy groups -OCH3 is 2. The van der Waals surface area contributed by atoms with E-state index in [9.17, 15) is 4.79 Å². The van der Waals surface area contributed by atoms with Crippen LogP contribution in [0.3, 0.4) is 0 Å². The van der Waals surface area contributed by atoms with Crippen LogP contribution in [-0.2, 0) is 4.79 Å². The first-order valence-corrected chi connectivity index (χ1v) is 9.08. The summed E-state index contributed by atoms with van der Waals surface area (Å²) in [6.07, 6.45) is 0.281. The zero-order valence-electron chi connectivity index (χ0n) is 15.4. The van der Waals surface area contributed by atoms with Crippen molar-refractivity contribution in [2.75, 3.05) is 25.7 Å². The lowest BCUT2D eigenvalue weighted by molar-refractivity contribution is -0.117. The van der Waals surface area contributed by atoms with Crippen LogP contribution in [0.5, 0.6) is 11.5 Å². The first-order chi connectivity index (χ1) is 13.6. The third kappa shape index (κ3) is 3.41. The molecule has 7 nitrogen and oxygen atoms in total. The molecule has 1 aromatic heterocycles. The second-order valence-electron chi connectivity index (χ2n) is 6.41. The highest BCUT2D eigenvalue weighted by molar-refractivity contribution is 6.33. The van der Waals surface area contributed by atoms with Gasteiger partial charge in [-0.25, -0.2) is 0 Å². The van der Waals surface area contributed by atoms with Crippen molar-refractivity contribution >= 4 is 23.2 Å². The van der Waals surface area contributed by atoms with Gasteiger partial charge in [0.25, 0.3) is 0 Å². The fourth-order valence-corrected chi connectivity index (χ4v) is 3.44. The van der Waals surface area contributed by atoms with Crippen LogP contribution in [0.2, 0.25) is 5.02 Å². The van der Waals surface area contributed by atoms with Crippen molar-refractivity contribution in [1.29, 1.82) is 0 Å². The Morgan fingerprint density at radius 1 is 1.14 bits per heavy atom. The van der Waals surface area contributed by atoms with E-state index in [4.69, 9.17) is 25.6 Å². The smallest absolute Gasteiger partial charge is 0.232 e. The topological polar surface area (TPSA) is 77.7 Å². The van der Waals surface area contributed by atoms with E-state index in [1.165, 1.54) is 0 Å². The van der Waals surface area contributed by atoms with Crippen molar-refractivity contribution < 1.29 is 18.8 Å². The summed E-state index contributed by atoms with van der Waals surface area (Å²) in [5.74, 6) is 1.83. The Bertz CT molecular complexity index is 998. The van der Waals surface area contributed by atoms with Gasteiger partial charge in [-0.05, 0) is 12.1 Å². The van der Waals surface area contributed by atoms with Crippen molar-refractivity contribution in [3.8, 4) is 22.9 Å². The Morgan fingerprint density at radius 2 is 1.86 bits per heavy atom. The molecule has 8 heteroatoms. The molecular formula is C20H18ClN3O4. The SMILES string of the molecule is COc1cc(OC)cc(N2CC(c3nc(-c4ccccc4Cl)no3)CC2=O)c1. The lowest BCUT2D eigenvalue weighted by Crippen LogP contribution is -2.24. The molecule has 1 aliphatic rings. The molecule has 0 spiro atoms. The van der Waals surface area contributed by atoms with Gasteiger partial charge in [0, 0.05) is 36.7 Å². The second kappa shape index (κ2) is 7.52. The molecule has 28 heavy (non-hydrogen) atoms. The molecular weight excluding hydrogens is 382 g/mol. The molecule has 0 saturated carbocycles. The number of halogens is 1. The number of aromatic nitrogens is 2. The molecule has 3 aromatic rings. The average molecular weight is 400 g/mol. The lowest BCUT2D eigenvalue weighted by atomic mass is 10.1. The van der Waals surface area contributed by atoms with Crippen molar-refractivity contribution in [3.63, 3.8) is 0 Å². The maximum absolute atomic E-state index is 12.6. The fraction of sp³-hybridized carbons (Fsp3) is 0.250. The molecule has 4 rings (SSSR count). The molecule has 1 amide bonds. The molecule has 1 saturated heterocycles. The number of amides is 1. The summed E-state index contributed by atoms with van der Waals surface area (Å²) < 4.78 is 16.0. The summed E-state index contributed by atoms with van der Waals surface area (Å²) in [4.78, 5) is 18.8. The van der Waals surface area contributed by atoms with Crippen LogP contribution in [0, 0.1) is 0 Å². The fourth-order valence-electron chi connectivity index (χ4n) is 3.22. The van der Waals surface area contributed by atoms with Gasteiger partial charge < -0.3 is 18.9 Å². The second-order valence-corrected chi connectivity index (χ2v) is 6.82. The lowest BCUT2D eigenvalue weighted by Gasteiger charge is -2.18.